The van der Waals surface area contributed by atoms with E-state index >= 15 is 0 Å². The summed E-state index contributed by atoms with van der Waals surface area (Å²) in [7, 11) is 0. The lowest BCUT2D eigenvalue weighted by molar-refractivity contribution is -0.140. The van der Waals surface area contributed by atoms with Gasteiger partial charge in [-0.3, -0.25) is 0 Å². The highest BCUT2D eigenvalue weighted by molar-refractivity contribution is 9.10. The maximum Gasteiger partial charge on any atom is 0.419 e. The van der Waals surface area contributed by atoms with E-state index in [-0.39, 0.29) is 12.4 Å². The lowest BCUT2D eigenvalue weighted by Crippen LogP contribution is -2.08. The average Bonchev–Trinajstić information content (AvgIpc) is 2.38. The van der Waals surface area contributed by atoms with Gasteiger partial charge in [0.05, 0.1) is 5.56 Å². The van der Waals surface area contributed by atoms with Crippen LogP contribution in [0.15, 0.2) is 40.9 Å². The zero-order valence-electron chi connectivity index (χ0n) is 10.3. The maximum atomic E-state index is 13.1. The zero-order valence-corrected chi connectivity index (χ0v) is 11.9. The first-order chi connectivity index (χ1) is 9.77. The van der Waals surface area contributed by atoms with Crippen LogP contribution in [0.3, 0.4) is 0 Å². The van der Waals surface area contributed by atoms with E-state index in [4.69, 9.17) is 4.74 Å². The van der Waals surface area contributed by atoms with Crippen LogP contribution in [0.4, 0.5) is 22.0 Å². The van der Waals surface area contributed by atoms with Crippen molar-refractivity contribution in [3.63, 3.8) is 0 Å². The third-order valence-electron chi connectivity index (χ3n) is 2.65. The zero-order chi connectivity index (χ0) is 15.6. The van der Waals surface area contributed by atoms with Gasteiger partial charge in [-0.05, 0) is 30.3 Å². The van der Waals surface area contributed by atoms with E-state index < -0.39 is 23.4 Å². The van der Waals surface area contributed by atoms with E-state index in [1.54, 1.807) is 0 Å². The molecule has 2 aromatic rings. The van der Waals surface area contributed by atoms with E-state index in [1.165, 1.54) is 18.2 Å². The highest BCUT2D eigenvalue weighted by atomic mass is 79.9. The van der Waals surface area contributed by atoms with Gasteiger partial charge in [-0.15, -0.1) is 0 Å². The van der Waals surface area contributed by atoms with Crippen molar-refractivity contribution >= 4 is 15.9 Å². The molecule has 0 aliphatic heterocycles. The number of benzene rings is 2. The summed E-state index contributed by atoms with van der Waals surface area (Å²) in [5.41, 5.74) is -0.840. The van der Waals surface area contributed by atoms with Gasteiger partial charge in [0.25, 0.3) is 0 Å². The van der Waals surface area contributed by atoms with Crippen LogP contribution in [0.1, 0.15) is 11.1 Å². The van der Waals surface area contributed by atoms with Crippen molar-refractivity contribution in [2.75, 3.05) is 0 Å². The van der Waals surface area contributed by atoms with Crippen LogP contribution >= 0.6 is 15.9 Å². The summed E-state index contributed by atoms with van der Waals surface area (Å²) in [6.07, 6.45) is -4.79. The fraction of sp³-hybridized carbons (Fsp3) is 0.143. The molecule has 1 nitrogen and oxygen atoms in total. The van der Waals surface area contributed by atoms with Crippen molar-refractivity contribution in [3.8, 4) is 5.75 Å². The smallest absolute Gasteiger partial charge is 0.419 e. The van der Waals surface area contributed by atoms with E-state index in [2.05, 4.69) is 15.9 Å². The fourth-order valence-electron chi connectivity index (χ4n) is 1.61. The molecule has 0 bridgehead atoms. The highest BCUT2D eigenvalue weighted by Gasteiger charge is 2.34. The monoisotopic (exact) mass is 366 g/mol. The molecule has 0 amide bonds. The molecular weight excluding hydrogens is 359 g/mol. The third-order valence-corrected chi connectivity index (χ3v) is 3.39. The minimum atomic E-state index is -4.79. The van der Waals surface area contributed by atoms with Crippen LogP contribution in [-0.2, 0) is 12.8 Å². The molecule has 112 valence electrons. The van der Waals surface area contributed by atoms with Crippen molar-refractivity contribution in [3.05, 3.63) is 63.6 Å². The lowest BCUT2D eigenvalue weighted by Gasteiger charge is -2.12. The minimum absolute atomic E-state index is 0.0796. The van der Waals surface area contributed by atoms with Gasteiger partial charge < -0.3 is 4.74 Å². The van der Waals surface area contributed by atoms with E-state index in [0.29, 0.717) is 22.2 Å². The van der Waals surface area contributed by atoms with Crippen molar-refractivity contribution in [2.45, 2.75) is 12.8 Å². The van der Waals surface area contributed by atoms with E-state index in [0.717, 1.165) is 6.07 Å². The average molecular weight is 367 g/mol. The van der Waals surface area contributed by atoms with Crippen LogP contribution in [0, 0.1) is 11.6 Å². The van der Waals surface area contributed by atoms with Crippen LogP contribution < -0.4 is 4.74 Å². The molecule has 0 aliphatic rings. The molecule has 7 heteroatoms. The molecular formula is C14H8BrF5O. The second-order valence-electron chi connectivity index (χ2n) is 4.16. The first-order valence-electron chi connectivity index (χ1n) is 5.71. The SMILES string of the molecule is Fc1ccc(COc2ccc(F)c(C(F)(F)F)c2)c(Br)c1. The summed E-state index contributed by atoms with van der Waals surface area (Å²) < 4.78 is 69.3. The molecule has 21 heavy (non-hydrogen) atoms. The Morgan fingerprint density at radius 1 is 1.00 bits per heavy atom. The standard InChI is InChI=1S/C14H8BrF5O/c15-12-5-9(16)2-1-8(12)7-21-10-3-4-13(17)11(6-10)14(18,19)20/h1-6H,7H2. The molecule has 0 atom stereocenters. The topological polar surface area (TPSA) is 9.23 Å². The van der Waals surface area contributed by atoms with E-state index in [9.17, 15) is 22.0 Å². The van der Waals surface area contributed by atoms with Crippen molar-refractivity contribution in [1.29, 1.82) is 0 Å². The van der Waals surface area contributed by atoms with Crippen molar-refractivity contribution < 1.29 is 26.7 Å². The Morgan fingerprint density at radius 3 is 2.33 bits per heavy atom. The molecule has 0 saturated heterocycles. The highest BCUT2D eigenvalue weighted by Crippen LogP contribution is 2.33. The molecule has 0 spiro atoms. The molecule has 2 aromatic carbocycles. The lowest BCUT2D eigenvalue weighted by atomic mass is 10.2. The Morgan fingerprint density at radius 2 is 1.71 bits per heavy atom. The molecule has 0 unspecified atom stereocenters. The van der Waals surface area contributed by atoms with Gasteiger partial charge in [0, 0.05) is 10.0 Å². The number of hydrogen-bond donors (Lipinski definition) is 0. The molecule has 0 saturated carbocycles. The molecule has 0 N–H and O–H groups in total. The van der Waals surface area contributed by atoms with Gasteiger partial charge in [-0.25, -0.2) is 8.78 Å². The second kappa shape index (κ2) is 6.01. The predicted molar refractivity (Wildman–Crippen MR) is 69.8 cm³/mol. The predicted octanol–water partition coefficient (Wildman–Crippen LogP) is 5.33. The van der Waals surface area contributed by atoms with Gasteiger partial charge in [0.2, 0.25) is 0 Å². The second-order valence-corrected chi connectivity index (χ2v) is 5.02. The third kappa shape index (κ3) is 3.93. The molecule has 0 fully saturated rings. The van der Waals surface area contributed by atoms with Gasteiger partial charge >= 0.3 is 6.18 Å². The van der Waals surface area contributed by atoms with Crippen LogP contribution in [0.2, 0.25) is 0 Å². The fourth-order valence-corrected chi connectivity index (χ4v) is 2.08. The Kier molecular flexibility index (Phi) is 4.51. The summed E-state index contributed by atoms with van der Waals surface area (Å²) in [5, 5.41) is 0. The van der Waals surface area contributed by atoms with Gasteiger partial charge in [-0.1, -0.05) is 22.0 Å². The quantitative estimate of drug-likeness (QED) is 0.667. The summed E-state index contributed by atoms with van der Waals surface area (Å²) in [6, 6.07) is 6.24. The summed E-state index contributed by atoms with van der Waals surface area (Å²) in [4.78, 5) is 0. The summed E-state index contributed by atoms with van der Waals surface area (Å²) in [5.74, 6) is -1.94. The molecule has 0 radical (unpaired) electrons. The minimum Gasteiger partial charge on any atom is -0.489 e. The number of halogens is 6. The Labute approximate surface area is 125 Å². The Balaban J connectivity index is 2.17. The molecule has 0 aliphatic carbocycles. The number of ether oxygens (including phenoxy) is 1. The Bertz CT molecular complexity index is 654. The summed E-state index contributed by atoms with van der Waals surface area (Å²) >= 11 is 3.12. The maximum absolute atomic E-state index is 13.1. The van der Waals surface area contributed by atoms with Gasteiger partial charge in [0.1, 0.15) is 24.0 Å². The summed E-state index contributed by atoms with van der Waals surface area (Å²) in [6.45, 7) is -0.0796. The number of rotatable bonds is 3. The van der Waals surface area contributed by atoms with Crippen LogP contribution in [0.5, 0.6) is 5.75 Å². The largest absolute Gasteiger partial charge is 0.489 e. The number of hydrogen-bond acceptors (Lipinski definition) is 1. The normalized spacial score (nSPS) is 11.5. The molecule has 0 aromatic heterocycles. The van der Waals surface area contributed by atoms with Crippen molar-refractivity contribution in [2.24, 2.45) is 0 Å². The number of alkyl halides is 3. The van der Waals surface area contributed by atoms with Crippen molar-refractivity contribution in [1.82, 2.24) is 0 Å². The Hall–Kier alpha value is -1.63. The molecule has 0 heterocycles. The first-order valence-corrected chi connectivity index (χ1v) is 6.50. The van der Waals surface area contributed by atoms with Crippen LogP contribution in [-0.4, -0.2) is 0 Å². The van der Waals surface area contributed by atoms with E-state index in [1.807, 2.05) is 0 Å². The van der Waals surface area contributed by atoms with Gasteiger partial charge in [-0.2, -0.15) is 13.2 Å². The first kappa shape index (κ1) is 15.8. The molecule has 2 rings (SSSR count). The van der Waals surface area contributed by atoms with Gasteiger partial charge in [0.15, 0.2) is 0 Å². The van der Waals surface area contributed by atoms with Crippen LogP contribution in [0.25, 0.3) is 0 Å².